The molecule has 0 bridgehead atoms. The van der Waals surface area contributed by atoms with Crippen molar-refractivity contribution in [3.05, 3.63) is 35.9 Å². The Morgan fingerprint density at radius 1 is 1.10 bits per heavy atom. The van der Waals surface area contributed by atoms with Crippen LogP contribution in [0, 0.1) is 0 Å². The molecular formula is C10H12Cl2O7P2. The van der Waals surface area contributed by atoms with E-state index in [1.807, 2.05) is 0 Å². The van der Waals surface area contributed by atoms with Gasteiger partial charge in [-0.3, -0.25) is 13.9 Å². The number of ketones is 1. The molecule has 0 amide bonds. The van der Waals surface area contributed by atoms with Gasteiger partial charge in [-0.25, -0.2) is 0 Å². The summed E-state index contributed by atoms with van der Waals surface area (Å²) in [5.74, 6) is -0.746. The molecule has 0 radical (unpaired) electrons. The van der Waals surface area contributed by atoms with Crippen LogP contribution in [-0.4, -0.2) is 35.1 Å². The Balaban J connectivity index is 3.09. The molecule has 0 aliphatic carbocycles. The molecule has 7 nitrogen and oxygen atoms in total. The van der Waals surface area contributed by atoms with E-state index in [0.717, 1.165) is 0 Å². The summed E-state index contributed by atoms with van der Waals surface area (Å²) in [5.41, 5.74) is 0.132. The molecule has 0 saturated carbocycles. The molecule has 4 N–H and O–H groups in total. The summed E-state index contributed by atoms with van der Waals surface area (Å²) < 4.78 is 19.4. The molecule has 118 valence electrons. The number of alkyl halides is 2. The highest BCUT2D eigenvalue weighted by atomic mass is 35.5. The molecule has 0 aliphatic rings. The Morgan fingerprint density at radius 2 is 1.52 bits per heavy atom. The summed E-state index contributed by atoms with van der Waals surface area (Å²) in [7, 11) is -10.9. The van der Waals surface area contributed by atoms with Crippen LogP contribution in [0.2, 0.25) is 0 Å². The third-order valence-corrected chi connectivity index (χ3v) is 8.22. The first kappa shape index (κ1) is 18.8. The Morgan fingerprint density at radius 3 is 1.90 bits per heavy atom. The maximum Gasteiger partial charge on any atom is 0.358 e. The first-order valence-corrected chi connectivity index (χ1v) is 9.47. The Kier molecular flexibility index (Phi) is 5.81. The van der Waals surface area contributed by atoms with E-state index in [9.17, 15) is 13.9 Å². The van der Waals surface area contributed by atoms with E-state index in [1.54, 1.807) is 6.07 Å². The maximum atomic E-state index is 12.0. The second kappa shape index (κ2) is 6.49. The van der Waals surface area contributed by atoms with Crippen molar-refractivity contribution in [3.8, 4) is 0 Å². The lowest BCUT2D eigenvalue weighted by Gasteiger charge is -2.29. The van der Waals surface area contributed by atoms with E-state index >= 15 is 0 Å². The minimum absolute atomic E-state index is 0.132. The molecule has 1 atom stereocenters. The van der Waals surface area contributed by atoms with Crippen LogP contribution in [0.1, 0.15) is 16.8 Å². The monoisotopic (exact) mass is 376 g/mol. The van der Waals surface area contributed by atoms with E-state index in [-0.39, 0.29) is 5.56 Å². The summed E-state index contributed by atoms with van der Waals surface area (Å²) in [6.07, 6.45) is -1.08. The van der Waals surface area contributed by atoms with Gasteiger partial charge in [-0.15, -0.1) is 11.6 Å². The molecule has 1 unspecified atom stereocenters. The molecule has 0 aliphatic heterocycles. The lowest BCUT2D eigenvalue weighted by atomic mass is 10.1. The summed E-state index contributed by atoms with van der Waals surface area (Å²) in [5, 5.41) is -1.61. The van der Waals surface area contributed by atoms with E-state index in [2.05, 4.69) is 0 Å². The minimum atomic E-state index is -5.43. The van der Waals surface area contributed by atoms with Crippen molar-refractivity contribution in [3.63, 3.8) is 0 Å². The normalized spacial score (nSPS) is 14.8. The van der Waals surface area contributed by atoms with Crippen molar-refractivity contribution < 1.29 is 33.5 Å². The maximum absolute atomic E-state index is 12.0. The van der Waals surface area contributed by atoms with Gasteiger partial charge >= 0.3 is 15.2 Å². The van der Waals surface area contributed by atoms with Crippen molar-refractivity contribution in [2.75, 3.05) is 0 Å². The van der Waals surface area contributed by atoms with Gasteiger partial charge in [0.2, 0.25) is 4.36 Å². The van der Waals surface area contributed by atoms with Crippen LogP contribution in [0.4, 0.5) is 0 Å². The summed E-state index contributed by atoms with van der Waals surface area (Å²) >= 11 is 11.2. The number of benzene rings is 1. The molecule has 1 rings (SSSR count). The number of carbonyl (C=O) groups is 1. The lowest BCUT2D eigenvalue weighted by Crippen LogP contribution is -2.29. The molecule has 0 heterocycles. The molecule has 1 aromatic rings. The zero-order valence-electron chi connectivity index (χ0n) is 10.3. The number of hydrogen-bond donors (Lipinski definition) is 4. The van der Waals surface area contributed by atoms with Gasteiger partial charge in [0.25, 0.3) is 0 Å². The summed E-state index contributed by atoms with van der Waals surface area (Å²) in [4.78, 5) is 48.3. The third kappa shape index (κ3) is 4.15. The van der Waals surface area contributed by atoms with Gasteiger partial charge in [0, 0.05) is 12.0 Å². The Hall–Kier alpha value is -0.230. The quantitative estimate of drug-likeness (QED) is 0.339. The van der Waals surface area contributed by atoms with Crippen molar-refractivity contribution in [1.82, 2.24) is 0 Å². The zero-order valence-corrected chi connectivity index (χ0v) is 13.6. The number of Topliss-reactive ketones (excluding diaryl/α,β-unsaturated/α-hetero) is 1. The van der Waals surface area contributed by atoms with Crippen molar-refractivity contribution in [1.29, 1.82) is 0 Å². The van der Waals surface area contributed by atoms with Gasteiger partial charge in [-0.1, -0.05) is 41.9 Å². The van der Waals surface area contributed by atoms with E-state index in [1.165, 1.54) is 24.3 Å². The number of hydrogen-bond acceptors (Lipinski definition) is 3. The Bertz CT molecular complexity index is 587. The van der Waals surface area contributed by atoms with Gasteiger partial charge in [0.05, 0.1) is 5.38 Å². The molecule has 0 saturated heterocycles. The molecule has 1 aromatic carbocycles. The highest BCUT2D eigenvalue weighted by molar-refractivity contribution is 7.75. The molecule has 11 heteroatoms. The number of carbonyl (C=O) groups excluding carboxylic acids is 1. The summed E-state index contributed by atoms with van der Waals surface area (Å²) in [6, 6.07) is 7.52. The standard InChI is InChI=1S/C10H12Cl2O7P2/c11-8(9(13)7-4-2-1-3-5-7)6-10(12,20(14,15)16)21(17,18)19/h1-5,8H,6H2,(H2,14,15,16)(H2,17,18,19). The van der Waals surface area contributed by atoms with E-state index in [0.29, 0.717) is 0 Å². The van der Waals surface area contributed by atoms with Crippen LogP contribution in [0.5, 0.6) is 0 Å². The van der Waals surface area contributed by atoms with Crippen LogP contribution in [0.15, 0.2) is 30.3 Å². The second-order valence-electron chi connectivity index (χ2n) is 4.21. The largest absolute Gasteiger partial charge is 0.358 e. The van der Waals surface area contributed by atoms with Gasteiger partial charge in [0.1, 0.15) is 0 Å². The highest BCUT2D eigenvalue weighted by Gasteiger charge is 2.60. The predicted octanol–water partition coefficient (Wildman–Crippen LogP) is 2.11. The fraction of sp³-hybridized carbons (Fsp3) is 0.300. The SMILES string of the molecule is O=C(c1ccccc1)C(Cl)CC(Cl)(P(=O)(O)O)P(=O)(O)O. The topological polar surface area (TPSA) is 132 Å². The average molecular weight is 377 g/mol. The fourth-order valence-corrected chi connectivity index (χ4v) is 4.52. The van der Waals surface area contributed by atoms with Crippen molar-refractivity contribution >= 4 is 44.2 Å². The zero-order chi connectivity index (χ0) is 16.5. The molecule has 0 spiro atoms. The van der Waals surface area contributed by atoms with E-state index in [4.69, 9.17) is 42.8 Å². The van der Waals surface area contributed by atoms with Gasteiger partial charge in [0.15, 0.2) is 5.78 Å². The van der Waals surface area contributed by atoms with Crippen LogP contribution in [0.3, 0.4) is 0 Å². The first-order chi connectivity index (χ1) is 9.40. The summed E-state index contributed by atoms with van der Waals surface area (Å²) in [6.45, 7) is 0. The Labute approximate surface area is 130 Å². The van der Waals surface area contributed by atoms with Crippen molar-refractivity contribution in [2.45, 2.75) is 16.2 Å². The van der Waals surface area contributed by atoms with E-state index < -0.39 is 37.1 Å². The molecule has 0 aromatic heterocycles. The molecule has 0 fully saturated rings. The van der Waals surface area contributed by atoms with Crippen LogP contribution in [0.25, 0.3) is 0 Å². The van der Waals surface area contributed by atoms with Crippen LogP contribution in [-0.2, 0) is 9.13 Å². The molecular weight excluding hydrogens is 365 g/mol. The fourth-order valence-electron chi connectivity index (χ4n) is 1.51. The predicted molar refractivity (Wildman–Crippen MR) is 77.7 cm³/mol. The highest BCUT2D eigenvalue weighted by Crippen LogP contribution is 2.73. The average Bonchev–Trinajstić information content (AvgIpc) is 2.36. The first-order valence-electron chi connectivity index (χ1n) is 5.43. The van der Waals surface area contributed by atoms with Gasteiger partial charge < -0.3 is 19.6 Å². The number of rotatable bonds is 6. The minimum Gasteiger partial charge on any atom is -0.323 e. The smallest absolute Gasteiger partial charge is 0.323 e. The second-order valence-corrected chi connectivity index (χ2v) is 9.96. The van der Waals surface area contributed by atoms with Gasteiger partial charge in [-0.2, -0.15) is 0 Å². The lowest BCUT2D eigenvalue weighted by molar-refractivity contribution is 0.0984. The number of halogens is 2. The van der Waals surface area contributed by atoms with Gasteiger partial charge in [-0.05, 0) is 0 Å². The molecule has 21 heavy (non-hydrogen) atoms. The van der Waals surface area contributed by atoms with Crippen molar-refractivity contribution in [2.24, 2.45) is 0 Å². The van der Waals surface area contributed by atoms with Crippen LogP contribution >= 0.6 is 38.4 Å². The van der Waals surface area contributed by atoms with Crippen LogP contribution < -0.4 is 0 Å². The third-order valence-electron chi connectivity index (χ3n) is 2.67.